The molecule has 0 heterocycles. The lowest BCUT2D eigenvalue weighted by Gasteiger charge is -2.12. The van der Waals surface area contributed by atoms with Gasteiger partial charge in [0.05, 0.1) is 0 Å². The van der Waals surface area contributed by atoms with E-state index >= 15 is 0 Å². The number of aryl methyl sites for hydroxylation is 2. The molecule has 0 aliphatic carbocycles. The summed E-state index contributed by atoms with van der Waals surface area (Å²) in [6.45, 7) is 4.01. The van der Waals surface area contributed by atoms with Crippen molar-refractivity contribution >= 4 is 40.5 Å². The molecular weight excluding hydrogens is 304 g/mol. The highest BCUT2D eigenvalue weighted by atomic mass is 35.5. The van der Waals surface area contributed by atoms with Crippen LogP contribution in [0.25, 0.3) is 0 Å². The van der Waals surface area contributed by atoms with E-state index in [4.69, 9.17) is 23.8 Å². The van der Waals surface area contributed by atoms with Gasteiger partial charge in [-0.2, -0.15) is 0 Å². The number of rotatable bonds is 2. The largest absolute Gasteiger partial charge is 0.332 e. The van der Waals surface area contributed by atoms with Crippen molar-refractivity contribution < 1.29 is 4.79 Å². The van der Waals surface area contributed by atoms with E-state index < -0.39 is 0 Å². The number of hydrogen-bond donors (Lipinski definition) is 2. The van der Waals surface area contributed by atoms with Crippen LogP contribution in [0.5, 0.6) is 0 Å². The fraction of sp³-hybridized carbons (Fsp3) is 0.125. The minimum atomic E-state index is -0.292. The Balaban J connectivity index is 2.03. The Labute approximate surface area is 134 Å². The Hall–Kier alpha value is -1.91. The Morgan fingerprint density at radius 1 is 1.14 bits per heavy atom. The summed E-state index contributed by atoms with van der Waals surface area (Å²) < 4.78 is 0. The van der Waals surface area contributed by atoms with Gasteiger partial charge in [0.2, 0.25) is 0 Å². The Bertz CT molecular complexity index is 700. The van der Waals surface area contributed by atoms with Crippen LogP contribution in [0.15, 0.2) is 42.5 Å². The van der Waals surface area contributed by atoms with Gasteiger partial charge in [-0.3, -0.25) is 10.1 Å². The summed E-state index contributed by atoms with van der Waals surface area (Å²) in [6.07, 6.45) is 0. The third-order valence-electron chi connectivity index (χ3n) is 2.94. The number of carbonyl (C=O) groups is 1. The molecule has 0 saturated carbocycles. The summed E-state index contributed by atoms with van der Waals surface area (Å²) in [6, 6.07) is 12.7. The average Bonchev–Trinajstić information content (AvgIpc) is 2.42. The highest BCUT2D eigenvalue weighted by molar-refractivity contribution is 7.80. The van der Waals surface area contributed by atoms with Crippen molar-refractivity contribution in [2.24, 2.45) is 0 Å². The van der Waals surface area contributed by atoms with E-state index in [0.717, 1.165) is 11.3 Å². The van der Waals surface area contributed by atoms with E-state index in [1.807, 2.05) is 32.0 Å². The molecule has 0 aliphatic rings. The van der Waals surface area contributed by atoms with E-state index in [-0.39, 0.29) is 11.0 Å². The second-order valence-corrected chi connectivity index (χ2v) is 5.58. The van der Waals surface area contributed by atoms with Gasteiger partial charge in [-0.15, -0.1) is 0 Å². The first-order valence-electron chi connectivity index (χ1n) is 6.41. The summed E-state index contributed by atoms with van der Waals surface area (Å²) in [4.78, 5) is 12.0. The number of hydrogen-bond acceptors (Lipinski definition) is 2. The minimum absolute atomic E-state index is 0.256. The van der Waals surface area contributed by atoms with Crippen molar-refractivity contribution in [1.82, 2.24) is 5.32 Å². The molecule has 0 radical (unpaired) electrons. The number of benzene rings is 2. The zero-order valence-electron chi connectivity index (χ0n) is 11.7. The fourth-order valence-corrected chi connectivity index (χ4v) is 2.31. The molecule has 2 aromatic rings. The van der Waals surface area contributed by atoms with Crippen LogP contribution in [0.1, 0.15) is 21.5 Å². The van der Waals surface area contributed by atoms with Crippen molar-refractivity contribution in [2.75, 3.05) is 5.32 Å². The van der Waals surface area contributed by atoms with Gasteiger partial charge in [0, 0.05) is 16.3 Å². The molecule has 5 heteroatoms. The molecule has 0 unspecified atom stereocenters. The summed E-state index contributed by atoms with van der Waals surface area (Å²) in [7, 11) is 0. The molecule has 0 fully saturated rings. The van der Waals surface area contributed by atoms with Gasteiger partial charge in [-0.25, -0.2) is 0 Å². The van der Waals surface area contributed by atoms with Crippen molar-refractivity contribution in [3.05, 3.63) is 64.2 Å². The summed E-state index contributed by atoms with van der Waals surface area (Å²) in [5, 5.41) is 6.42. The summed E-state index contributed by atoms with van der Waals surface area (Å²) >= 11 is 11.0. The molecular formula is C16H15ClN2OS. The Morgan fingerprint density at radius 3 is 2.57 bits per heavy atom. The highest BCUT2D eigenvalue weighted by Crippen LogP contribution is 2.16. The van der Waals surface area contributed by atoms with Crippen LogP contribution < -0.4 is 10.6 Å². The average molecular weight is 319 g/mol. The molecule has 0 bridgehead atoms. The van der Waals surface area contributed by atoms with Crippen molar-refractivity contribution in [2.45, 2.75) is 13.8 Å². The molecule has 0 spiro atoms. The normalized spacial score (nSPS) is 10.0. The molecule has 2 aromatic carbocycles. The molecule has 3 nitrogen and oxygen atoms in total. The second-order valence-electron chi connectivity index (χ2n) is 4.74. The summed E-state index contributed by atoms with van der Waals surface area (Å²) in [5.74, 6) is -0.292. The smallest absolute Gasteiger partial charge is 0.257 e. The van der Waals surface area contributed by atoms with E-state index in [0.29, 0.717) is 10.6 Å². The van der Waals surface area contributed by atoms with Crippen molar-refractivity contribution in [3.63, 3.8) is 0 Å². The lowest BCUT2D eigenvalue weighted by Crippen LogP contribution is -2.34. The predicted octanol–water partition coefficient (Wildman–Crippen LogP) is 4.08. The van der Waals surface area contributed by atoms with Crippen LogP contribution in [0.2, 0.25) is 5.02 Å². The third-order valence-corrected chi connectivity index (χ3v) is 3.38. The van der Waals surface area contributed by atoms with Crippen LogP contribution in [0.3, 0.4) is 0 Å². The number of amides is 1. The van der Waals surface area contributed by atoms with Crippen LogP contribution >= 0.6 is 23.8 Å². The molecule has 2 N–H and O–H groups in total. The zero-order chi connectivity index (χ0) is 15.4. The molecule has 108 valence electrons. The van der Waals surface area contributed by atoms with Gasteiger partial charge < -0.3 is 5.32 Å². The highest BCUT2D eigenvalue weighted by Gasteiger charge is 2.09. The van der Waals surface area contributed by atoms with Crippen LogP contribution in [0.4, 0.5) is 5.69 Å². The number of thiocarbonyl (C=S) groups is 1. The number of carbonyl (C=O) groups excluding carboxylic acids is 1. The second kappa shape index (κ2) is 6.70. The first-order chi connectivity index (χ1) is 9.95. The topological polar surface area (TPSA) is 41.1 Å². The first-order valence-corrected chi connectivity index (χ1v) is 7.19. The lowest BCUT2D eigenvalue weighted by molar-refractivity contribution is 0.0977. The first kappa shape index (κ1) is 15.5. The standard InChI is InChI=1S/C16H15ClN2OS/c1-10-6-7-14(11(2)8-10)18-16(21)19-15(20)12-4-3-5-13(17)9-12/h3-9H,1-2H3,(H2,18,19,20,21). The monoisotopic (exact) mass is 318 g/mol. The van der Waals surface area contributed by atoms with Crippen molar-refractivity contribution in [1.29, 1.82) is 0 Å². The molecule has 0 aliphatic heterocycles. The van der Waals surface area contributed by atoms with Crippen molar-refractivity contribution in [3.8, 4) is 0 Å². The van der Waals surface area contributed by atoms with Crippen LogP contribution in [-0.4, -0.2) is 11.0 Å². The number of halogens is 1. The molecule has 2 rings (SSSR count). The van der Waals surface area contributed by atoms with Gasteiger partial charge in [-0.05, 0) is 55.9 Å². The molecule has 21 heavy (non-hydrogen) atoms. The van der Waals surface area contributed by atoms with Gasteiger partial charge in [0.15, 0.2) is 5.11 Å². The van der Waals surface area contributed by atoms with Crippen LogP contribution in [0, 0.1) is 13.8 Å². The minimum Gasteiger partial charge on any atom is -0.332 e. The van der Waals surface area contributed by atoms with E-state index in [2.05, 4.69) is 10.6 Å². The molecule has 1 amide bonds. The van der Waals surface area contributed by atoms with Gasteiger partial charge in [-0.1, -0.05) is 35.4 Å². The number of anilines is 1. The van der Waals surface area contributed by atoms with Gasteiger partial charge >= 0.3 is 0 Å². The number of nitrogens with one attached hydrogen (secondary N) is 2. The molecule has 0 saturated heterocycles. The Morgan fingerprint density at radius 2 is 1.90 bits per heavy atom. The quantitative estimate of drug-likeness (QED) is 0.820. The van der Waals surface area contributed by atoms with Gasteiger partial charge in [0.25, 0.3) is 5.91 Å². The van der Waals surface area contributed by atoms with Gasteiger partial charge in [0.1, 0.15) is 0 Å². The van der Waals surface area contributed by atoms with E-state index in [9.17, 15) is 4.79 Å². The summed E-state index contributed by atoms with van der Waals surface area (Å²) in [5.41, 5.74) is 3.57. The zero-order valence-corrected chi connectivity index (χ0v) is 13.3. The molecule has 0 atom stereocenters. The maximum Gasteiger partial charge on any atom is 0.257 e. The lowest BCUT2D eigenvalue weighted by atomic mass is 10.1. The van der Waals surface area contributed by atoms with E-state index in [1.165, 1.54) is 5.56 Å². The van der Waals surface area contributed by atoms with E-state index in [1.54, 1.807) is 24.3 Å². The van der Waals surface area contributed by atoms with Crippen LogP contribution in [-0.2, 0) is 0 Å². The fourth-order valence-electron chi connectivity index (χ4n) is 1.91. The third kappa shape index (κ3) is 4.28. The Kier molecular flexibility index (Phi) is 4.94. The maximum absolute atomic E-state index is 12.0. The molecule has 0 aromatic heterocycles. The SMILES string of the molecule is Cc1ccc(NC(=S)NC(=O)c2cccc(Cl)c2)c(C)c1. The maximum atomic E-state index is 12.0. The predicted molar refractivity (Wildman–Crippen MR) is 91.1 cm³/mol.